The predicted molar refractivity (Wildman–Crippen MR) is 79.1 cm³/mol. The smallest absolute Gasteiger partial charge is 0.161 e. The molecule has 0 saturated heterocycles. The van der Waals surface area contributed by atoms with E-state index in [1.54, 1.807) is 0 Å². The van der Waals surface area contributed by atoms with Gasteiger partial charge in [-0.05, 0) is 50.6 Å². The summed E-state index contributed by atoms with van der Waals surface area (Å²) in [6, 6.07) is 10.5. The zero-order valence-electron chi connectivity index (χ0n) is 12.1. The van der Waals surface area contributed by atoms with Crippen LogP contribution >= 0.6 is 0 Å². The van der Waals surface area contributed by atoms with Crippen molar-refractivity contribution in [2.75, 3.05) is 18.6 Å². The number of ether oxygens (including phenoxy) is 2. The van der Waals surface area contributed by atoms with Gasteiger partial charge in [-0.1, -0.05) is 6.07 Å². The first-order valence-electron chi connectivity index (χ1n) is 6.96. The van der Waals surface area contributed by atoms with Gasteiger partial charge in [-0.25, -0.2) is 0 Å². The molecule has 4 heteroatoms. The monoisotopic (exact) mass is 272 g/mol. The van der Waals surface area contributed by atoms with Crippen molar-refractivity contribution in [1.82, 2.24) is 4.68 Å². The van der Waals surface area contributed by atoms with Gasteiger partial charge in [0.15, 0.2) is 11.5 Å². The molecule has 1 aliphatic heterocycles. The third kappa shape index (κ3) is 2.33. The minimum atomic E-state index is 0.190. The number of aromatic nitrogens is 1. The fraction of sp³-hybridized carbons (Fsp3) is 0.375. The number of hydrogen-bond acceptors (Lipinski definition) is 3. The summed E-state index contributed by atoms with van der Waals surface area (Å²) in [5.74, 6) is 1.67. The minimum Gasteiger partial charge on any atom is -0.486 e. The van der Waals surface area contributed by atoms with E-state index in [0.717, 1.165) is 11.5 Å². The maximum Gasteiger partial charge on any atom is 0.161 e. The third-order valence-electron chi connectivity index (χ3n) is 3.66. The van der Waals surface area contributed by atoms with Crippen LogP contribution in [0.1, 0.15) is 29.9 Å². The lowest BCUT2D eigenvalue weighted by molar-refractivity contribution is 0.171. The Balaban J connectivity index is 1.82. The molecule has 20 heavy (non-hydrogen) atoms. The molecule has 2 heterocycles. The van der Waals surface area contributed by atoms with Crippen molar-refractivity contribution < 1.29 is 9.47 Å². The highest BCUT2D eigenvalue weighted by molar-refractivity contribution is 5.45. The van der Waals surface area contributed by atoms with E-state index >= 15 is 0 Å². The van der Waals surface area contributed by atoms with Gasteiger partial charge in [0, 0.05) is 11.4 Å². The van der Waals surface area contributed by atoms with Gasteiger partial charge in [-0.3, -0.25) is 4.68 Å². The molecule has 0 aliphatic carbocycles. The second-order valence-corrected chi connectivity index (χ2v) is 5.21. The van der Waals surface area contributed by atoms with E-state index in [4.69, 9.17) is 9.47 Å². The molecule has 1 aromatic heterocycles. The molecular weight excluding hydrogens is 252 g/mol. The number of nitrogens with zero attached hydrogens (tertiary/aromatic N) is 1. The van der Waals surface area contributed by atoms with Gasteiger partial charge in [-0.15, -0.1) is 0 Å². The normalized spacial score (nSPS) is 14.9. The van der Waals surface area contributed by atoms with E-state index in [0.29, 0.717) is 13.2 Å². The van der Waals surface area contributed by atoms with Crippen LogP contribution in [0, 0.1) is 13.8 Å². The molecule has 0 fully saturated rings. The van der Waals surface area contributed by atoms with Gasteiger partial charge in [-0.2, -0.15) is 0 Å². The zero-order chi connectivity index (χ0) is 14.1. The molecule has 106 valence electrons. The first-order valence-corrected chi connectivity index (χ1v) is 6.96. The summed E-state index contributed by atoms with van der Waals surface area (Å²) < 4.78 is 13.3. The van der Waals surface area contributed by atoms with E-state index in [9.17, 15) is 0 Å². The topological polar surface area (TPSA) is 35.4 Å². The van der Waals surface area contributed by atoms with Crippen LogP contribution in [0.4, 0.5) is 0 Å². The highest BCUT2D eigenvalue weighted by Gasteiger charge is 2.15. The van der Waals surface area contributed by atoms with Crippen LogP contribution in [-0.2, 0) is 0 Å². The molecule has 0 amide bonds. The van der Waals surface area contributed by atoms with Gasteiger partial charge in [0.25, 0.3) is 0 Å². The summed E-state index contributed by atoms with van der Waals surface area (Å²) in [6.45, 7) is 7.58. The van der Waals surface area contributed by atoms with Gasteiger partial charge < -0.3 is 14.9 Å². The van der Waals surface area contributed by atoms with E-state index in [1.165, 1.54) is 17.0 Å². The molecule has 1 N–H and O–H groups in total. The summed E-state index contributed by atoms with van der Waals surface area (Å²) >= 11 is 0. The van der Waals surface area contributed by atoms with Crippen LogP contribution in [0.15, 0.2) is 30.3 Å². The number of hydrogen-bond donors (Lipinski definition) is 1. The molecule has 4 nitrogen and oxygen atoms in total. The van der Waals surface area contributed by atoms with Crippen LogP contribution in [0.3, 0.4) is 0 Å². The first kappa shape index (κ1) is 12.9. The van der Waals surface area contributed by atoms with Crippen LogP contribution < -0.4 is 14.9 Å². The lowest BCUT2D eigenvalue weighted by Crippen LogP contribution is -2.21. The summed E-state index contributed by atoms with van der Waals surface area (Å²) in [7, 11) is 0. The van der Waals surface area contributed by atoms with Crippen molar-refractivity contribution in [2.24, 2.45) is 0 Å². The summed E-state index contributed by atoms with van der Waals surface area (Å²) in [5.41, 5.74) is 7.09. The lowest BCUT2D eigenvalue weighted by atomic mass is 10.1. The molecule has 1 unspecified atom stereocenters. The minimum absolute atomic E-state index is 0.190. The van der Waals surface area contributed by atoms with Crippen LogP contribution in [-0.4, -0.2) is 17.9 Å². The number of rotatable bonds is 3. The average Bonchev–Trinajstić information content (AvgIpc) is 2.78. The number of fused-ring (bicyclic) bond motifs is 1. The highest BCUT2D eigenvalue weighted by atomic mass is 16.6. The van der Waals surface area contributed by atoms with E-state index < -0.39 is 0 Å². The van der Waals surface area contributed by atoms with E-state index in [2.05, 4.69) is 55.1 Å². The fourth-order valence-corrected chi connectivity index (χ4v) is 2.47. The summed E-state index contributed by atoms with van der Waals surface area (Å²) in [5, 5.41) is 0. The maximum absolute atomic E-state index is 5.64. The second kappa shape index (κ2) is 5.12. The highest BCUT2D eigenvalue weighted by Crippen LogP contribution is 2.32. The Hall–Kier alpha value is -2.10. The van der Waals surface area contributed by atoms with Crippen LogP contribution in [0.25, 0.3) is 0 Å². The van der Waals surface area contributed by atoms with Crippen molar-refractivity contribution in [3.63, 3.8) is 0 Å². The van der Waals surface area contributed by atoms with Crippen molar-refractivity contribution >= 4 is 0 Å². The Bertz CT molecular complexity index is 599. The number of aryl methyl sites for hydroxylation is 2. The second-order valence-electron chi connectivity index (χ2n) is 5.21. The summed E-state index contributed by atoms with van der Waals surface area (Å²) in [4.78, 5) is 0. The van der Waals surface area contributed by atoms with Crippen molar-refractivity contribution in [1.29, 1.82) is 0 Å². The van der Waals surface area contributed by atoms with Gasteiger partial charge in [0.05, 0.1) is 6.04 Å². The number of nitrogens with one attached hydrogen (secondary N) is 1. The molecule has 1 aliphatic rings. The van der Waals surface area contributed by atoms with Gasteiger partial charge in [0.1, 0.15) is 13.2 Å². The van der Waals surface area contributed by atoms with Crippen molar-refractivity contribution in [3.8, 4) is 11.5 Å². The Labute approximate surface area is 119 Å². The Morgan fingerprint density at radius 1 is 1.00 bits per heavy atom. The Kier molecular flexibility index (Phi) is 3.30. The zero-order valence-corrected chi connectivity index (χ0v) is 12.1. The molecule has 0 radical (unpaired) electrons. The van der Waals surface area contributed by atoms with Crippen molar-refractivity contribution in [2.45, 2.75) is 26.8 Å². The Morgan fingerprint density at radius 2 is 1.65 bits per heavy atom. The third-order valence-corrected chi connectivity index (χ3v) is 3.66. The SMILES string of the molecule is Cc1ccc(C)n1NC(C)c1ccc2c(c1)OCCO2. The standard InChI is InChI=1S/C16H20N2O2/c1-11-4-5-12(2)18(11)17-13(3)14-6-7-15-16(10-14)20-9-8-19-15/h4-7,10,13,17H,8-9H2,1-3H3. The largest absolute Gasteiger partial charge is 0.486 e. The first-order chi connectivity index (χ1) is 9.65. The maximum atomic E-state index is 5.64. The molecule has 0 spiro atoms. The molecular formula is C16H20N2O2. The van der Waals surface area contributed by atoms with Crippen LogP contribution in [0.2, 0.25) is 0 Å². The molecule has 3 rings (SSSR count). The van der Waals surface area contributed by atoms with E-state index in [-0.39, 0.29) is 6.04 Å². The average molecular weight is 272 g/mol. The quantitative estimate of drug-likeness (QED) is 0.932. The molecule has 1 aromatic carbocycles. The molecule has 0 saturated carbocycles. The summed E-state index contributed by atoms with van der Waals surface area (Å²) in [6.07, 6.45) is 0. The van der Waals surface area contributed by atoms with Gasteiger partial charge >= 0.3 is 0 Å². The number of benzene rings is 1. The Morgan fingerprint density at radius 3 is 2.35 bits per heavy atom. The van der Waals surface area contributed by atoms with Crippen molar-refractivity contribution in [3.05, 3.63) is 47.3 Å². The molecule has 1 atom stereocenters. The fourth-order valence-electron chi connectivity index (χ4n) is 2.47. The molecule has 2 aromatic rings. The van der Waals surface area contributed by atoms with Gasteiger partial charge in [0.2, 0.25) is 0 Å². The van der Waals surface area contributed by atoms with Crippen LogP contribution in [0.5, 0.6) is 11.5 Å². The lowest BCUT2D eigenvalue weighted by Gasteiger charge is -2.23. The van der Waals surface area contributed by atoms with E-state index in [1.807, 2.05) is 6.07 Å². The predicted octanol–water partition coefficient (Wildman–Crippen LogP) is 3.18. The molecule has 0 bridgehead atoms.